The first kappa shape index (κ1) is 20.5. The predicted octanol–water partition coefficient (Wildman–Crippen LogP) is 1.08. The quantitative estimate of drug-likeness (QED) is 0.550. The number of carbonyl (C=O) groups excluding carboxylic acids is 2. The van der Waals surface area contributed by atoms with E-state index in [1.807, 2.05) is 11.8 Å². The second-order valence-corrected chi connectivity index (χ2v) is 10.1. The number of thioether (sulfide) groups is 1. The van der Waals surface area contributed by atoms with Crippen molar-refractivity contribution in [2.75, 3.05) is 0 Å². The number of nitrogens with one attached hydrogen (secondary N) is 3. The largest absolute Gasteiger partial charge is 0.366 e. The molecule has 0 bridgehead atoms. The molecule has 5 unspecified atom stereocenters. The van der Waals surface area contributed by atoms with Crippen molar-refractivity contribution in [3.63, 3.8) is 0 Å². The maximum absolute atomic E-state index is 13.1. The number of carbonyl (C=O) groups is 2. The fourth-order valence-corrected chi connectivity index (χ4v) is 6.52. The van der Waals surface area contributed by atoms with E-state index in [0.29, 0.717) is 35.1 Å². The van der Waals surface area contributed by atoms with Crippen LogP contribution in [-0.2, 0) is 9.59 Å². The molecular weight excluding hydrogens is 384 g/mol. The standard InChI is InChI=1S/C22H32N4O2S/c1-13-6-2-4-8-17(13)25-21-18(10-14(11-24-21)20(23)27)26-22(28)16-12-29-19-9-5-3-7-15(16)19/h11-13,15,17-19H,2-10H2,1H3,(H2,23,27)(H,24,25)(H,26,28)/p+1. The number of amides is 2. The van der Waals surface area contributed by atoms with Gasteiger partial charge in [0.1, 0.15) is 6.04 Å². The molecule has 29 heavy (non-hydrogen) atoms. The van der Waals surface area contributed by atoms with Crippen LogP contribution in [0.2, 0.25) is 0 Å². The molecule has 0 aromatic carbocycles. The summed E-state index contributed by atoms with van der Waals surface area (Å²) in [6.45, 7) is 2.28. The van der Waals surface area contributed by atoms with Gasteiger partial charge in [0.2, 0.25) is 11.8 Å². The summed E-state index contributed by atoms with van der Waals surface area (Å²) in [6, 6.07) is 0.107. The van der Waals surface area contributed by atoms with Gasteiger partial charge < -0.3 is 11.1 Å². The van der Waals surface area contributed by atoms with Gasteiger partial charge in [-0.15, -0.1) is 11.8 Å². The molecule has 5 N–H and O–H groups in total. The van der Waals surface area contributed by atoms with Crippen molar-refractivity contribution in [1.29, 1.82) is 0 Å². The highest BCUT2D eigenvalue weighted by atomic mass is 32.2. The van der Waals surface area contributed by atoms with E-state index in [4.69, 9.17) is 5.73 Å². The first-order valence-corrected chi connectivity index (χ1v) is 12.0. The topological polar surface area (TPSA) is 98.2 Å². The average Bonchev–Trinajstić information content (AvgIpc) is 3.15. The van der Waals surface area contributed by atoms with Crippen LogP contribution in [0.25, 0.3) is 0 Å². The summed E-state index contributed by atoms with van der Waals surface area (Å²) in [5, 5.41) is 9.04. The Labute approximate surface area is 177 Å². The van der Waals surface area contributed by atoms with Crippen molar-refractivity contribution in [3.8, 4) is 0 Å². The molecule has 7 heteroatoms. The minimum absolute atomic E-state index is 0.000382. The normalized spacial score (nSPS) is 35.9. The minimum atomic E-state index is -0.440. The highest BCUT2D eigenvalue weighted by Gasteiger charge is 2.38. The van der Waals surface area contributed by atoms with Crippen molar-refractivity contribution in [2.45, 2.75) is 82.0 Å². The Hall–Kier alpha value is -1.76. The van der Waals surface area contributed by atoms with Gasteiger partial charge in [-0.25, -0.2) is 5.32 Å². The summed E-state index contributed by atoms with van der Waals surface area (Å²) < 4.78 is 0. The van der Waals surface area contributed by atoms with Crippen LogP contribution in [0.5, 0.6) is 0 Å². The van der Waals surface area contributed by atoms with Gasteiger partial charge in [-0.1, -0.05) is 26.2 Å². The Morgan fingerprint density at radius 2 is 1.93 bits per heavy atom. The van der Waals surface area contributed by atoms with Gasteiger partial charge in [-0.3, -0.25) is 14.6 Å². The molecule has 2 saturated carbocycles. The molecule has 6 nitrogen and oxygen atoms in total. The van der Waals surface area contributed by atoms with Gasteiger partial charge in [-0.2, -0.15) is 0 Å². The number of hydrogen-bond donors (Lipinski definition) is 4. The molecular formula is C22H33N4O2S+. The number of nitrogens with two attached hydrogens (primary N) is 1. The third-order valence-electron chi connectivity index (χ3n) is 6.98. The Morgan fingerprint density at radius 3 is 2.72 bits per heavy atom. The fraction of sp³-hybridized carbons (Fsp3) is 0.682. The molecule has 0 saturated heterocycles. The summed E-state index contributed by atoms with van der Waals surface area (Å²) >= 11 is 1.81. The highest BCUT2D eigenvalue weighted by Crippen LogP contribution is 2.44. The van der Waals surface area contributed by atoms with Crippen LogP contribution in [0.15, 0.2) is 22.8 Å². The first-order chi connectivity index (χ1) is 14.0. The maximum Gasteiger partial charge on any atom is 0.270 e. The molecule has 2 aliphatic heterocycles. The molecule has 2 heterocycles. The lowest BCUT2D eigenvalue weighted by Crippen LogP contribution is -2.86. The molecule has 0 aromatic heterocycles. The van der Waals surface area contributed by atoms with E-state index in [0.717, 1.165) is 24.3 Å². The van der Waals surface area contributed by atoms with Gasteiger partial charge in [0.25, 0.3) is 5.84 Å². The predicted molar refractivity (Wildman–Crippen MR) is 116 cm³/mol. The molecule has 4 rings (SSSR count). The highest BCUT2D eigenvalue weighted by molar-refractivity contribution is 8.03. The third kappa shape index (κ3) is 4.55. The second kappa shape index (κ2) is 8.94. The zero-order valence-electron chi connectivity index (χ0n) is 17.2. The molecule has 158 valence electrons. The molecule has 2 fully saturated rings. The van der Waals surface area contributed by atoms with Crippen molar-refractivity contribution < 1.29 is 14.6 Å². The Balaban J connectivity index is 1.51. The zero-order chi connectivity index (χ0) is 20.4. The fourth-order valence-electron chi connectivity index (χ4n) is 5.14. The third-order valence-corrected chi connectivity index (χ3v) is 8.29. The van der Waals surface area contributed by atoms with E-state index in [9.17, 15) is 9.59 Å². The van der Waals surface area contributed by atoms with Crippen LogP contribution in [-0.4, -0.2) is 35.0 Å². The van der Waals surface area contributed by atoms with Crippen molar-refractivity contribution >= 4 is 29.4 Å². The molecule has 5 atom stereocenters. The molecule has 0 spiro atoms. The Kier molecular flexibility index (Phi) is 6.32. The van der Waals surface area contributed by atoms with E-state index >= 15 is 0 Å². The van der Waals surface area contributed by atoms with Crippen LogP contribution >= 0.6 is 11.8 Å². The molecule has 0 radical (unpaired) electrons. The lowest BCUT2D eigenvalue weighted by molar-refractivity contribution is -0.520. The summed E-state index contributed by atoms with van der Waals surface area (Å²) in [7, 11) is 0. The Morgan fingerprint density at radius 1 is 1.17 bits per heavy atom. The average molecular weight is 418 g/mol. The van der Waals surface area contributed by atoms with E-state index in [2.05, 4.69) is 28.0 Å². The van der Waals surface area contributed by atoms with E-state index in [1.54, 1.807) is 6.20 Å². The van der Waals surface area contributed by atoms with Crippen molar-refractivity contribution in [2.24, 2.45) is 17.6 Å². The van der Waals surface area contributed by atoms with Gasteiger partial charge in [-0.05, 0) is 43.4 Å². The number of hydrogen-bond acceptors (Lipinski definition) is 3. The van der Waals surface area contributed by atoms with Crippen LogP contribution in [0.4, 0.5) is 0 Å². The number of primary amides is 1. The van der Waals surface area contributed by atoms with Gasteiger partial charge in [0.05, 0.1) is 17.8 Å². The molecule has 4 aliphatic rings. The maximum atomic E-state index is 13.1. The SMILES string of the molecule is CC1CCCCC1[NH+]=C1NC=C(C(N)=O)CC1NC(=O)C1=CSC2CCCCC12. The second-order valence-electron chi connectivity index (χ2n) is 8.97. The van der Waals surface area contributed by atoms with E-state index in [1.165, 1.54) is 38.5 Å². The minimum Gasteiger partial charge on any atom is -0.366 e. The van der Waals surface area contributed by atoms with Gasteiger partial charge >= 0.3 is 0 Å². The number of amidine groups is 1. The summed E-state index contributed by atoms with van der Waals surface area (Å²) in [6.07, 6.45) is 11.7. The van der Waals surface area contributed by atoms with E-state index < -0.39 is 5.91 Å². The van der Waals surface area contributed by atoms with Crippen molar-refractivity contribution in [1.82, 2.24) is 10.6 Å². The number of fused-ring (bicyclic) bond motifs is 1. The summed E-state index contributed by atoms with van der Waals surface area (Å²) in [4.78, 5) is 28.5. The van der Waals surface area contributed by atoms with Gasteiger partial charge in [0, 0.05) is 23.2 Å². The summed E-state index contributed by atoms with van der Waals surface area (Å²) in [5.74, 6) is 1.40. The van der Waals surface area contributed by atoms with E-state index in [-0.39, 0.29) is 11.9 Å². The monoisotopic (exact) mass is 417 g/mol. The van der Waals surface area contributed by atoms with Crippen LogP contribution < -0.4 is 21.4 Å². The smallest absolute Gasteiger partial charge is 0.270 e. The van der Waals surface area contributed by atoms with Crippen LogP contribution in [0, 0.1) is 11.8 Å². The summed E-state index contributed by atoms with van der Waals surface area (Å²) in [5.41, 5.74) is 6.95. The lowest BCUT2D eigenvalue weighted by atomic mass is 9.83. The zero-order valence-corrected chi connectivity index (χ0v) is 18.0. The van der Waals surface area contributed by atoms with Crippen molar-refractivity contribution in [3.05, 3.63) is 22.8 Å². The molecule has 2 aliphatic carbocycles. The molecule has 2 amide bonds. The van der Waals surface area contributed by atoms with Crippen LogP contribution in [0.3, 0.4) is 0 Å². The Bertz CT molecular complexity index is 760. The first-order valence-electron chi connectivity index (χ1n) is 11.1. The lowest BCUT2D eigenvalue weighted by Gasteiger charge is -2.29. The van der Waals surface area contributed by atoms with Gasteiger partial charge in [0.15, 0.2) is 0 Å². The van der Waals surface area contributed by atoms with Crippen LogP contribution in [0.1, 0.15) is 64.7 Å². The molecule has 0 aromatic rings. The number of rotatable bonds is 4.